The molecule has 0 heterocycles. The Morgan fingerprint density at radius 1 is 1.50 bits per heavy atom. The monoisotopic (exact) mass is 324 g/mol. The molecule has 0 nitrogen and oxygen atoms in total. The topological polar surface area (TPSA) is 0 Å². The van der Waals surface area contributed by atoms with Gasteiger partial charge in [-0.3, -0.25) is 0 Å². The average Bonchev–Trinajstić information content (AvgIpc) is 2.10. The molecule has 1 atom stereocenters. The maximum absolute atomic E-state index is 13.7. The zero-order valence-corrected chi connectivity index (χ0v) is 10.8. The first-order chi connectivity index (χ1) is 6.52. The van der Waals surface area contributed by atoms with Gasteiger partial charge in [0.25, 0.3) is 0 Å². The normalized spacial score (nSPS) is 26.0. The molecular formula is C11H11ClFI. The van der Waals surface area contributed by atoms with Gasteiger partial charge in [0, 0.05) is 14.0 Å². The first-order valence-corrected chi connectivity index (χ1v) is 6.14. The Kier molecular flexibility index (Phi) is 2.77. The summed E-state index contributed by atoms with van der Waals surface area (Å²) < 4.78 is 13.6. The second-order valence-corrected chi connectivity index (χ2v) is 6.72. The molecule has 0 amide bonds. The van der Waals surface area contributed by atoms with Crippen molar-refractivity contribution in [3.63, 3.8) is 0 Å². The van der Waals surface area contributed by atoms with Crippen LogP contribution in [0.3, 0.4) is 0 Å². The van der Waals surface area contributed by atoms with Crippen molar-refractivity contribution in [1.82, 2.24) is 0 Å². The molecule has 0 N–H and O–H groups in total. The Morgan fingerprint density at radius 2 is 2.21 bits per heavy atom. The van der Waals surface area contributed by atoms with Crippen LogP contribution in [-0.4, -0.2) is 0 Å². The van der Waals surface area contributed by atoms with E-state index in [0.29, 0.717) is 5.02 Å². The summed E-state index contributed by atoms with van der Waals surface area (Å²) in [7, 11) is 0. The van der Waals surface area contributed by atoms with Gasteiger partial charge in [-0.05, 0) is 43.9 Å². The van der Waals surface area contributed by atoms with Crippen molar-refractivity contribution in [2.24, 2.45) is 0 Å². The standard InChI is InChI=1S/C11H11ClFI/c1-11(14)6-2-3-7-8(12)4-5-9(13)10(7)11/h4-5H,2-3,6H2,1H3. The largest absolute Gasteiger partial charge is 0.207 e. The molecular weight excluding hydrogens is 313 g/mol. The molecule has 3 heteroatoms. The maximum atomic E-state index is 13.7. The predicted molar refractivity (Wildman–Crippen MR) is 65.7 cm³/mol. The van der Waals surface area contributed by atoms with Crippen LogP contribution in [0, 0.1) is 5.82 Å². The van der Waals surface area contributed by atoms with Crippen molar-refractivity contribution in [2.75, 3.05) is 0 Å². The van der Waals surface area contributed by atoms with Crippen LogP contribution in [-0.2, 0) is 9.84 Å². The molecule has 0 radical (unpaired) electrons. The van der Waals surface area contributed by atoms with Gasteiger partial charge in [-0.25, -0.2) is 4.39 Å². The third kappa shape index (κ3) is 1.67. The minimum Gasteiger partial charge on any atom is -0.207 e. The van der Waals surface area contributed by atoms with E-state index >= 15 is 0 Å². The van der Waals surface area contributed by atoms with Crippen molar-refractivity contribution in [1.29, 1.82) is 0 Å². The summed E-state index contributed by atoms with van der Waals surface area (Å²) in [6.45, 7) is 2.07. The van der Waals surface area contributed by atoms with E-state index in [1.165, 1.54) is 6.07 Å². The third-order valence-corrected chi connectivity index (χ3v) is 4.23. The molecule has 2 rings (SSSR count). The SMILES string of the molecule is CC1(I)CCCc2c(Cl)ccc(F)c21. The Balaban J connectivity index is 2.67. The lowest BCUT2D eigenvalue weighted by Crippen LogP contribution is -2.22. The smallest absolute Gasteiger partial charge is 0.128 e. The van der Waals surface area contributed by atoms with Crippen molar-refractivity contribution < 1.29 is 4.39 Å². The summed E-state index contributed by atoms with van der Waals surface area (Å²) in [6.07, 6.45) is 3.03. The van der Waals surface area contributed by atoms with Gasteiger partial charge < -0.3 is 0 Å². The molecule has 0 aliphatic heterocycles. The lowest BCUT2D eigenvalue weighted by Gasteiger charge is -2.31. The number of fused-ring (bicyclic) bond motifs is 1. The molecule has 0 saturated heterocycles. The summed E-state index contributed by atoms with van der Waals surface area (Å²) >= 11 is 8.40. The van der Waals surface area contributed by atoms with E-state index in [-0.39, 0.29) is 9.24 Å². The van der Waals surface area contributed by atoms with Crippen LogP contribution in [0.15, 0.2) is 12.1 Å². The van der Waals surface area contributed by atoms with Crippen LogP contribution in [0.4, 0.5) is 4.39 Å². The summed E-state index contributed by atoms with van der Waals surface area (Å²) in [5, 5.41) is 0.712. The van der Waals surface area contributed by atoms with Crippen LogP contribution in [0.25, 0.3) is 0 Å². The molecule has 0 aromatic heterocycles. The molecule has 14 heavy (non-hydrogen) atoms. The van der Waals surface area contributed by atoms with Crippen LogP contribution in [0.2, 0.25) is 5.02 Å². The van der Waals surface area contributed by atoms with Crippen molar-refractivity contribution in [2.45, 2.75) is 29.6 Å². The first-order valence-electron chi connectivity index (χ1n) is 4.68. The number of alkyl halides is 1. The van der Waals surface area contributed by atoms with Gasteiger partial charge in [-0.2, -0.15) is 0 Å². The molecule has 1 aromatic rings. The Labute approximate surface area is 102 Å². The molecule has 1 unspecified atom stereocenters. The highest BCUT2D eigenvalue weighted by Crippen LogP contribution is 2.45. The summed E-state index contributed by atoms with van der Waals surface area (Å²) in [5.74, 6) is -0.110. The Morgan fingerprint density at radius 3 is 2.86 bits per heavy atom. The van der Waals surface area contributed by atoms with Crippen molar-refractivity contribution in [3.8, 4) is 0 Å². The number of hydrogen-bond donors (Lipinski definition) is 0. The molecule has 1 aliphatic rings. The van der Waals surface area contributed by atoms with Crippen LogP contribution in [0.5, 0.6) is 0 Å². The Hall–Kier alpha value is 0.170. The number of rotatable bonds is 0. The van der Waals surface area contributed by atoms with Crippen LogP contribution >= 0.6 is 34.2 Å². The van der Waals surface area contributed by atoms with E-state index in [2.05, 4.69) is 29.5 Å². The lowest BCUT2D eigenvalue weighted by atomic mass is 9.83. The van der Waals surface area contributed by atoms with E-state index in [4.69, 9.17) is 11.6 Å². The second-order valence-electron chi connectivity index (χ2n) is 3.93. The second kappa shape index (κ2) is 3.63. The highest BCUT2D eigenvalue weighted by molar-refractivity contribution is 14.1. The molecule has 0 spiro atoms. The summed E-state index contributed by atoms with van der Waals surface area (Å²) in [6, 6.07) is 3.14. The van der Waals surface area contributed by atoms with Crippen molar-refractivity contribution >= 4 is 34.2 Å². The molecule has 1 aromatic carbocycles. The van der Waals surface area contributed by atoms with E-state index < -0.39 is 0 Å². The lowest BCUT2D eigenvalue weighted by molar-refractivity contribution is 0.516. The Bertz CT molecular complexity index is 374. The van der Waals surface area contributed by atoms with E-state index in [1.54, 1.807) is 6.07 Å². The molecule has 1 aliphatic carbocycles. The average molecular weight is 325 g/mol. The van der Waals surface area contributed by atoms with E-state index in [9.17, 15) is 4.39 Å². The fourth-order valence-corrected chi connectivity index (χ4v) is 3.34. The van der Waals surface area contributed by atoms with Gasteiger partial charge >= 0.3 is 0 Å². The van der Waals surface area contributed by atoms with Gasteiger partial charge in [-0.15, -0.1) is 0 Å². The zero-order chi connectivity index (χ0) is 10.3. The maximum Gasteiger partial charge on any atom is 0.128 e. The van der Waals surface area contributed by atoms with Gasteiger partial charge in [0.15, 0.2) is 0 Å². The number of halogens is 3. The minimum absolute atomic E-state index is 0.0969. The zero-order valence-electron chi connectivity index (χ0n) is 7.91. The predicted octanol–water partition coefficient (Wildman–Crippen LogP) is 4.47. The highest BCUT2D eigenvalue weighted by Gasteiger charge is 2.33. The molecule has 76 valence electrons. The van der Waals surface area contributed by atoms with Gasteiger partial charge in [0.2, 0.25) is 0 Å². The number of benzene rings is 1. The van der Waals surface area contributed by atoms with E-state index in [1.807, 2.05) is 0 Å². The fraction of sp³-hybridized carbons (Fsp3) is 0.455. The van der Waals surface area contributed by atoms with Gasteiger partial charge in [-0.1, -0.05) is 34.2 Å². The van der Waals surface area contributed by atoms with Crippen molar-refractivity contribution in [3.05, 3.63) is 34.1 Å². The summed E-state index contributed by atoms with van der Waals surface area (Å²) in [4.78, 5) is 0. The highest BCUT2D eigenvalue weighted by atomic mass is 127. The molecule has 0 saturated carbocycles. The minimum atomic E-state index is -0.110. The van der Waals surface area contributed by atoms with Crippen LogP contribution in [0.1, 0.15) is 30.9 Å². The van der Waals surface area contributed by atoms with E-state index in [0.717, 1.165) is 30.4 Å². The number of hydrogen-bond acceptors (Lipinski definition) is 0. The third-order valence-electron chi connectivity index (χ3n) is 2.80. The molecule has 0 bridgehead atoms. The van der Waals surface area contributed by atoms with Gasteiger partial charge in [0.1, 0.15) is 5.82 Å². The quantitative estimate of drug-likeness (QED) is 0.488. The molecule has 0 fully saturated rings. The van der Waals surface area contributed by atoms with Gasteiger partial charge in [0.05, 0.1) is 0 Å². The van der Waals surface area contributed by atoms with Crippen LogP contribution < -0.4 is 0 Å². The summed E-state index contributed by atoms with van der Waals surface area (Å²) in [5.41, 5.74) is 1.83. The fourth-order valence-electron chi connectivity index (χ4n) is 2.12. The first kappa shape index (κ1) is 10.7.